The maximum atomic E-state index is 2.85. The first-order valence-electron chi connectivity index (χ1n) is 15.2. The highest BCUT2D eigenvalue weighted by molar-refractivity contribution is 9.77. The summed E-state index contributed by atoms with van der Waals surface area (Å²) in [5.74, 6) is 3.01. The van der Waals surface area contributed by atoms with E-state index in [1.165, 1.54) is 82.1 Å². The predicted molar refractivity (Wildman–Crippen MR) is 227 cm³/mol. The largest absolute Gasteiger partial charge is 0.208 e. The molecule has 0 fully saturated rings. The van der Waals surface area contributed by atoms with Crippen molar-refractivity contribution in [2.24, 2.45) is 0 Å². The van der Waals surface area contributed by atoms with Crippen LogP contribution in [0.25, 0.3) is 0 Å². The van der Waals surface area contributed by atoms with E-state index in [-0.39, 0.29) is 0 Å². The third kappa shape index (κ3) is 8.96. The molecule has 0 bridgehead atoms. The van der Waals surface area contributed by atoms with Gasteiger partial charge in [0.2, 0.25) is 0 Å². The number of hydrogen-bond acceptors (Lipinski definition) is 0. The molecule has 0 rings (SSSR count). The Labute approximate surface area is 260 Å². The van der Waals surface area contributed by atoms with Crippen molar-refractivity contribution >= 4 is 66.7 Å². The molecule has 0 aromatic carbocycles. The fourth-order valence-corrected chi connectivity index (χ4v) is 118. The molecule has 0 aliphatic rings. The molecule has 39 heavy (non-hydrogen) atoms. The highest BCUT2D eigenvalue weighted by atomic mass is 34.0. The summed E-state index contributed by atoms with van der Waals surface area (Å²) in [6.45, 7) is 4.67. The van der Waals surface area contributed by atoms with Crippen LogP contribution in [-0.2, 0) is 0 Å². The summed E-state index contributed by atoms with van der Waals surface area (Å²) in [5, 5.41) is 0. The lowest BCUT2D eigenvalue weighted by Crippen LogP contribution is -2.26. The average Bonchev–Trinajstić information content (AvgIpc) is 2.80. The lowest BCUT2D eigenvalue weighted by Gasteiger charge is -2.80. The van der Waals surface area contributed by atoms with Gasteiger partial charge in [0.1, 0.15) is 0 Å². The van der Waals surface area contributed by atoms with Crippen molar-refractivity contribution in [1.82, 2.24) is 0 Å². The van der Waals surface area contributed by atoms with E-state index in [9.17, 15) is 0 Å². The van der Waals surface area contributed by atoms with Gasteiger partial charge in [0, 0.05) is 0 Å². The van der Waals surface area contributed by atoms with Gasteiger partial charge in [-0.15, -0.1) is 0 Å². The zero-order valence-electron chi connectivity index (χ0n) is 30.5. The lowest BCUT2D eigenvalue weighted by molar-refractivity contribution is 0.626. The molecule has 0 saturated heterocycles. The zero-order valence-corrected chi connectivity index (χ0v) is 37.0. The van der Waals surface area contributed by atoms with E-state index >= 15 is 0 Å². The van der Waals surface area contributed by atoms with Crippen LogP contribution in [0, 0.1) is 0 Å². The van der Waals surface area contributed by atoms with Gasteiger partial charge in [-0.3, -0.25) is 0 Å². The second kappa shape index (κ2) is 15.9. The maximum absolute atomic E-state index is 2.85. The molecule has 0 unspecified atom stereocenters. The minimum Gasteiger partial charge on any atom is -0.208 e. The highest BCUT2D eigenvalue weighted by Gasteiger charge is 2.54. The monoisotopic (exact) mass is 708 g/mol. The van der Waals surface area contributed by atoms with Gasteiger partial charge in [-0.05, 0) is 124 Å². The molecule has 8 heteroatoms. The number of unbranched alkanes of at least 4 members (excludes halogenated alkanes) is 9. The molecule has 0 aliphatic heterocycles. The van der Waals surface area contributed by atoms with Crippen LogP contribution in [0.2, 0.25) is 0 Å². The Bertz CT molecular complexity index is 720. The SMILES string of the molecule is CCCCCCCCS(C)(C)S(C)(C)S(C)(C)S(C)(C)S(C)(C)S(C)(C)S(C)(C)S(C)(C)CCCCCCC. The van der Waals surface area contributed by atoms with Crippen molar-refractivity contribution < 1.29 is 0 Å². The van der Waals surface area contributed by atoms with Crippen LogP contribution in [-0.4, -0.2) is 112 Å². The van der Waals surface area contributed by atoms with E-state index in [0.29, 0.717) is 0 Å². The first-order valence-corrected chi connectivity index (χ1v) is 38.7. The minimum atomic E-state index is -0.759. The van der Waals surface area contributed by atoms with Crippen LogP contribution in [0.3, 0.4) is 0 Å². The first kappa shape index (κ1) is 41.8. The molecule has 0 radical (unpaired) electrons. The van der Waals surface area contributed by atoms with Crippen LogP contribution in [0.4, 0.5) is 0 Å². The van der Waals surface area contributed by atoms with Gasteiger partial charge in [0.15, 0.2) is 0 Å². The van der Waals surface area contributed by atoms with E-state index in [0.717, 1.165) is 0 Å². The summed E-state index contributed by atoms with van der Waals surface area (Å²) in [5.41, 5.74) is 0. The van der Waals surface area contributed by atoms with E-state index < -0.39 is 66.7 Å². The first-order chi connectivity index (χ1) is 17.4. The van der Waals surface area contributed by atoms with E-state index in [4.69, 9.17) is 0 Å². The Morgan fingerprint density at radius 2 is 0.462 bits per heavy atom. The van der Waals surface area contributed by atoms with Gasteiger partial charge in [-0.1, -0.05) is 71.6 Å². The Balaban J connectivity index is 6.10. The van der Waals surface area contributed by atoms with Gasteiger partial charge in [-0.25, -0.2) is 18.1 Å². The smallest absolute Gasteiger partial charge is 0.0154 e. The molecule has 0 N–H and O–H groups in total. The zero-order chi connectivity index (χ0) is 31.2. The Hall–Kier alpha value is 2.80. The third-order valence-electron chi connectivity index (χ3n) is 10.7. The maximum Gasteiger partial charge on any atom is -0.0154 e. The summed E-state index contributed by atoms with van der Waals surface area (Å²) < 4.78 is 0. The molecule has 0 nitrogen and oxygen atoms in total. The molecule has 252 valence electrons. The van der Waals surface area contributed by atoms with Crippen molar-refractivity contribution in [1.29, 1.82) is 0 Å². The quantitative estimate of drug-likeness (QED) is 0.0872. The standard InChI is InChI=1S/C31H80S8/c1-19-21-23-25-27-29-31-33(5,6)35(9,10)37(13,14)39(17,18)38(15,16)36(11,12)34(7,8)32(3,4)30-28-26-24-22-20-2/h19-31H2,1-18H3. The molecular weight excluding hydrogens is 629 g/mol. The minimum absolute atomic E-state index is 0.603. The van der Waals surface area contributed by atoms with Crippen molar-refractivity contribution in [2.75, 3.05) is 112 Å². The van der Waals surface area contributed by atoms with Gasteiger partial charge in [0.25, 0.3) is 0 Å². The molecule has 0 aromatic rings. The Morgan fingerprint density at radius 3 is 0.718 bits per heavy atom. The molecular formula is C31H80S8. The summed E-state index contributed by atoms with van der Waals surface area (Å²) in [7, 11) is -5.57. The summed E-state index contributed by atoms with van der Waals surface area (Å²) >= 11 is 0. The van der Waals surface area contributed by atoms with Gasteiger partial charge in [0.05, 0.1) is 0 Å². The van der Waals surface area contributed by atoms with Crippen LogP contribution >= 0.6 is 66.7 Å². The lowest BCUT2D eigenvalue weighted by atomic mass is 10.1. The topological polar surface area (TPSA) is 0 Å². The normalized spacial score (nSPS) is 18.5. The Morgan fingerprint density at radius 1 is 0.256 bits per heavy atom. The van der Waals surface area contributed by atoms with E-state index in [1.54, 1.807) is 0 Å². The molecule has 0 amide bonds. The molecule has 0 saturated carbocycles. The highest BCUT2D eigenvalue weighted by Crippen LogP contribution is 3.16. The van der Waals surface area contributed by atoms with Crippen LogP contribution in [0.5, 0.6) is 0 Å². The van der Waals surface area contributed by atoms with Crippen LogP contribution < -0.4 is 0 Å². The van der Waals surface area contributed by atoms with E-state index in [2.05, 4.69) is 114 Å². The van der Waals surface area contributed by atoms with Crippen molar-refractivity contribution in [2.45, 2.75) is 84.5 Å². The Kier molecular flexibility index (Phi) is 17.0. The summed E-state index contributed by atoms with van der Waals surface area (Å²) in [4.78, 5) is 0. The fourth-order valence-electron chi connectivity index (χ4n) is 5.15. The van der Waals surface area contributed by atoms with Crippen LogP contribution in [0.15, 0.2) is 0 Å². The van der Waals surface area contributed by atoms with Crippen molar-refractivity contribution in [3.05, 3.63) is 0 Å². The van der Waals surface area contributed by atoms with Crippen LogP contribution in [0.1, 0.15) is 84.5 Å². The molecule has 0 aromatic heterocycles. The number of rotatable bonds is 20. The van der Waals surface area contributed by atoms with Gasteiger partial charge in [-0.2, -0.15) is 48.6 Å². The molecule has 0 spiro atoms. The average molecular weight is 710 g/mol. The third-order valence-corrected chi connectivity index (χ3v) is 111. The summed E-state index contributed by atoms with van der Waals surface area (Å²) in [6, 6.07) is 0. The molecule has 0 aliphatic carbocycles. The summed E-state index contributed by atoms with van der Waals surface area (Å²) in [6.07, 6.45) is 60.7. The van der Waals surface area contributed by atoms with Crippen molar-refractivity contribution in [3.63, 3.8) is 0 Å². The second-order valence-electron chi connectivity index (χ2n) is 14.3. The number of hydrogen-bond donors (Lipinski definition) is 0. The van der Waals surface area contributed by atoms with E-state index in [1.807, 2.05) is 0 Å². The molecule has 0 heterocycles. The molecule has 0 atom stereocenters. The van der Waals surface area contributed by atoms with Gasteiger partial charge >= 0.3 is 0 Å². The van der Waals surface area contributed by atoms with Crippen molar-refractivity contribution in [3.8, 4) is 0 Å². The predicted octanol–water partition coefficient (Wildman–Crippen LogP) is 13.2. The van der Waals surface area contributed by atoms with Gasteiger partial charge < -0.3 is 0 Å². The second-order valence-corrected chi connectivity index (χ2v) is 73.8. The fraction of sp³-hybridized carbons (Fsp3) is 1.00.